The van der Waals surface area contributed by atoms with Gasteiger partial charge in [-0.3, -0.25) is 19.8 Å². The number of anilines is 1. The van der Waals surface area contributed by atoms with Crippen molar-refractivity contribution in [3.8, 4) is 11.5 Å². The molecule has 3 heterocycles. The first-order valence-electron chi connectivity index (χ1n) is 12.9. The summed E-state index contributed by atoms with van der Waals surface area (Å²) in [7, 11) is -4.47. The van der Waals surface area contributed by atoms with Crippen LogP contribution in [0.5, 0.6) is 11.5 Å². The van der Waals surface area contributed by atoms with E-state index in [9.17, 15) is 32.1 Å². The molecule has 0 saturated carbocycles. The van der Waals surface area contributed by atoms with Crippen molar-refractivity contribution in [1.29, 1.82) is 0 Å². The highest BCUT2D eigenvalue weighted by molar-refractivity contribution is 7.91. The third-order valence-corrected chi connectivity index (χ3v) is 8.72. The number of alkyl halides is 2. The SMILES string of the molecule is NC(=O)c1cccc(S(=O)(=O)c2ccc(NC3CCN(CC(F)F)CC3)c([N+](=O)[O-])c2)c1Oc1cnc2[nH]ccc2c1. The van der Waals surface area contributed by atoms with E-state index in [0.29, 0.717) is 37.0 Å². The zero-order chi connectivity index (χ0) is 30.0. The van der Waals surface area contributed by atoms with Crippen LogP contribution in [0.2, 0.25) is 0 Å². The number of rotatable bonds is 10. The molecule has 0 atom stereocenters. The van der Waals surface area contributed by atoms with Crippen molar-refractivity contribution in [3.05, 3.63) is 76.6 Å². The number of piperidine rings is 1. The normalized spacial score (nSPS) is 14.7. The van der Waals surface area contributed by atoms with E-state index < -0.39 is 42.6 Å². The molecule has 5 rings (SSSR count). The van der Waals surface area contributed by atoms with Gasteiger partial charge < -0.3 is 20.8 Å². The molecule has 1 saturated heterocycles. The van der Waals surface area contributed by atoms with E-state index >= 15 is 0 Å². The molecule has 4 N–H and O–H groups in total. The minimum atomic E-state index is -4.47. The van der Waals surface area contributed by atoms with Crippen molar-refractivity contribution in [2.75, 3.05) is 25.0 Å². The maximum Gasteiger partial charge on any atom is 0.293 e. The number of aromatic nitrogens is 2. The second kappa shape index (κ2) is 11.7. The highest BCUT2D eigenvalue weighted by Gasteiger charge is 2.30. The number of benzene rings is 2. The Hall–Kier alpha value is -4.63. The van der Waals surface area contributed by atoms with E-state index in [1.807, 2.05) is 0 Å². The summed E-state index contributed by atoms with van der Waals surface area (Å²) in [5, 5.41) is 15.7. The molecule has 4 aromatic rings. The van der Waals surface area contributed by atoms with Crippen LogP contribution in [0.3, 0.4) is 0 Å². The quantitative estimate of drug-likeness (QED) is 0.177. The molecule has 12 nitrogen and oxygen atoms in total. The van der Waals surface area contributed by atoms with Crippen molar-refractivity contribution in [1.82, 2.24) is 14.9 Å². The number of nitrogens with one attached hydrogen (secondary N) is 2. The predicted molar refractivity (Wildman–Crippen MR) is 149 cm³/mol. The van der Waals surface area contributed by atoms with Crippen LogP contribution in [0.15, 0.2) is 70.7 Å². The zero-order valence-corrected chi connectivity index (χ0v) is 22.8. The van der Waals surface area contributed by atoms with Crippen LogP contribution in [0.25, 0.3) is 11.0 Å². The average molecular weight is 601 g/mol. The predicted octanol–water partition coefficient (Wildman–Crippen LogP) is 4.34. The number of primary amides is 1. The molecule has 220 valence electrons. The summed E-state index contributed by atoms with van der Waals surface area (Å²) < 4.78 is 58.9. The first kappa shape index (κ1) is 28.9. The lowest BCUT2D eigenvalue weighted by atomic mass is 10.0. The van der Waals surface area contributed by atoms with E-state index in [4.69, 9.17) is 10.5 Å². The number of pyridine rings is 1. The molecule has 0 aliphatic carbocycles. The van der Waals surface area contributed by atoms with Crippen LogP contribution in [0.1, 0.15) is 23.2 Å². The lowest BCUT2D eigenvalue weighted by Gasteiger charge is -2.32. The van der Waals surface area contributed by atoms with Crippen LogP contribution >= 0.6 is 0 Å². The summed E-state index contributed by atoms with van der Waals surface area (Å²) in [4.78, 5) is 31.4. The minimum Gasteiger partial charge on any atom is -0.453 e. The minimum absolute atomic E-state index is 0.0968. The number of H-pyrrole nitrogens is 1. The van der Waals surface area contributed by atoms with Gasteiger partial charge in [0.25, 0.3) is 18.0 Å². The van der Waals surface area contributed by atoms with Crippen LogP contribution in [-0.2, 0) is 9.84 Å². The van der Waals surface area contributed by atoms with Gasteiger partial charge in [0.05, 0.1) is 28.1 Å². The smallest absolute Gasteiger partial charge is 0.293 e. The number of ether oxygens (including phenoxy) is 1. The fourth-order valence-corrected chi connectivity index (χ4v) is 6.30. The Kier molecular flexibility index (Phi) is 8.04. The Labute approximate surface area is 238 Å². The maximum absolute atomic E-state index is 13.8. The van der Waals surface area contributed by atoms with Gasteiger partial charge in [-0.2, -0.15) is 0 Å². The van der Waals surface area contributed by atoms with Gasteiger partial charge in [-0.1, -0.05) is 6.07 Å². The van der Waals surface area contributed by atoms with Gasteiger partial charge in [-0.25, -0.2) is 22.2 Å². The van der Waals surface area contributed by atoms with Crippen molar-refractivity contribution < 1.29 is 31.7 Å². The number of carbonyl (C=O) groups excluding carboxylic acids is 1. The Morgan fingerprint density at radius 1 is 1.21 bits per heavy atom. The number of carbonyl (C=O) groups is 1. The van der Waals surface area contributed by atoms with Gasteiger partial charge in [-0.05, 0) is 49.2 Å². The molecule has 42 heavy (non-hydrogen) atoms. The van der Waals surface area contributed by atoms with Gasteiger partial charge in [0, 0.05) is 36.8 Å². The van der Waals surface area contributed by atoms with Crippen LogP contribution in [0, 0.1) is 10.1 Å². The molecule has 0 spiro atoms. The zero-order valence-electron chi connectivity index (χ0n) is 22.0. The molecule has 1 fully saturated rings. The van der Waals surface area contributed by atoms with E-state index in [-0.39, 0.29) is 35.3 Å². The summed E-state index contributed by atoms with van der Waals surface area (Å²) in [5.41, 5.74) is 5.49. The van der Waals surface area contributed by atoms with Crippen molar-refractivity contribution in [2.45, 2.75) is 35.1 Å². The average Bonchev–Trinajstić information content (AvgIpc) is 3.42. The van der Waals surface area contributed by atoms with E-state index in [2.05, 4.69) is 15.3 Å². The highest BCUT2D eigenvalue weighted by Crippen LogP contribution is 2.38. The first-order chi connectivity index (χ1) is 20.0. The van der Waals surface area contributed by atoms with Crippen molar-refractivity contribution in [3.63, 3.8) is 0 Å². The highest BCUT2D eigenvalue weighted by atomic mass is 32.2. The second-order valence-electron chi connectivity index (χ2n) is 9.74. The Bertz CT molecular complexity index is 1760. The fourth-order valence-electron chi connectivity index (χ4n) is 4.87. The largest absolute Gasteiger partial charge is 0.453 e. The monoisotopic (exact) mass is 600 g/mol. The molecule has 1 amide bonds. The summed E-state index contributed by atoms with van der Waals surface area (Å²) in [6.07, 6.45) is 1.52. The van der Waals surface area contributed by atoms with Gasteiger partial charge in [0.2, 0.25) is 9.84 Å². The summed E-state index contributed by atoms with van der Waals surface area (Å²) in [5.74, 6) is -1.15. The fraction of sp³-hybridized carbons (Fsp3) is 0.259. The number of hydrogen-bond acceptors (Lipinski definition) is 9. The summed E-state index contributed by atoms with van der Waals surface area (Å²) in [6, 6.07) is 10.4. The number of fused-ring (bicyclic) bond motifs is 1. The number of nitro groups is 1. The molecule has 0 radical (unpaired) electrons. The molecule has 1 aliphatic rings. The molecule has 1 aliphatic heterocycles. The lowest BCUT2D eigenvalue weighted by molar-refractivity contribution is -0.384. The lowest BCUT2D eigenvalue weighted by Crippen LogP contribution is -2.41. The number of nitro benzene ring substituents is 1. The maximum atomic E-state index is 13.8. The molecular formula is C27H26F2N6O6S. The standard InChI is InChI=1S/C27H26F2N6O6S/c28-24(29)15-34-10-7-17(8-11-34)33-21-5-4-19(13-22(21)35(37)38)42(39,40)23-3-1-2-20(26(30)36)25(23)41-18-12-16-6-9-31-27(16)32-14-18/h1-6,9,12-14,17,24,33H,7-8,10-11,15H2,(H2,30,36)(H,31,32). The number of aromatic amines is 1. The van der Waals surface area contributed by atoms with Crippen molar-refractivity contribution >= 4 is 38.2 Å². The van der Waals surface area contributed by atoms with Crippen LogP contribution < -0.4 is 15.8 Å². The number of hydrogen-bond donors (Lipinski definition) is 3. The molecule has 15 heteroatoms. The molecular weight excluding hydrogens is 574 g/mol. The number of amides is 1. The van der Waals surface area contributed by atoms with Crippen LogP contribution in [-0.4, -0.2) is 66.2 Å². The Morgan fingerprint density at radius 3 is 2.67 bits per heavy atom. The van der Waals surface area contributed by atoms with E-state index in [0.717, 1.165) is 6.07 Å². The Morgan fingerprint density at radius 2 is 1.98 bits per heavy atom. The number of likely N-dealkylation sites (tertiary alicyclic amines) is 1. The van der Waals surface area contributed by atoms with Gasteiger partial charge in [-0.15, -0.1) is 0 Å². The van der Waals surface area contributed by atoms with E-state index in [1.54, 1.807) is 23.2 Å². The number of nitrogens with two attached hydrogens (primary N) is 1. The topological polar surface area (TPSA) is 174 Å². The third-order valence-electron chi connectivity index (χ3n) is 6.95. The summed E-state index contributed by atoms with van der Waals surface area (Å²) >= 11 is 0. The number of sulfone groups is 1. The van der Waals surface area contributed by atoms with Crippen molar-refractivity contribution in [2.24, 2.45) is 5.73 Å². The Balaban J connectivity index is 1.47. The first-order valence-corrected chi connectivity index (χ1v) is 14.4. The van der Waals surface area contributed by atoms with Gasteiger partial charge in [0.15, 0.2) is 5.75 Å². The summed E-state index contributed by atoms with van der Waals surface area (Å²) in [6.45, 7) is 0.459. The molecule has 2 aromatic carbocycles. The molecule has 0 bridgehead atoms. The second-order valence-corrected chi connectivity index (χ2v) is 11.7. The third kappa shape index (κ3) is 6.01. The molecule has 0 unspecified atom stereocenters. The van der Waals surface area contributed by atoms with Gasteiger partial charge >= 0.3 is 0 Å². The number of para-hydroxylation sites is 1. The molecule has 2 aromatic heterocycles. The van der Waals surface area contributed by atoms with E-state index in [1.165, 1.54) is 36.5 Å². The van der Waals surface area contributed by atoms with Crippen LogP contribution in [0.4, 0.5) is 20.2 Å². The number of nitrogens with zero attached hydrogens (tertiary/aromatic N) is 3. The van der Waals surface area contributed by atoms with Gasteiger partial charge in [0.1, 0.15) is 22.0 Å². The number of halogens is 2.